The summed E-state index contributed by atoms with van der Waals surface area (Å²) in [6, 6.07) is 32.7. The first-order chi connectivity index (χ1) is 16.2. The number of nitrogens with zero attached hydrogens (tertiary/aromatic N) is 1. The van der Waals surface area contributed by atoms with Gasteiger partial charge in [0.25, 0.3) is 0 Å². The van der Waals surface area contributed by atoms with E-state index in [0.717, 1.165) is 16.8 Å². The molecule has 0 amide bonds. The monoisotopic (exact) mass is 424 g/mol. The van der Waals surface area contributed by atoms with E-state index >= 15 is 0 Å². The van der Waals surface area contributed by atoms with E-state index in [-0.39, 0.29) is 0 Å². The number of anilines is 1. The molecule has 0 unspecified atom stereocenters. The number of aromatic nitrogens is 1. The van der Waals surface area contributed by atoms with Crippen LogP contribution in [0.5, 0.6) is 0 Å². The Hall–Kier alpha value is -4.30. The third kappa shape index (κ3) is 2.88. The van der Waals surface area contributed by atoms with Gasteiger partial charge in [0.05, 0.1) is 22.4 Å². The van der Waals surface area contributed by atoms with E-state index in [2.05, 4.69) is 121 Å². The molecule has 5 aromatic carbocycles. The first kappa shape index (κ1) is 19.4. The summed E-state index contributed by atoms with van der Waals surface area (Å²) in [5, 5.41) is 10.8. The predicted octanol–water partition coefficient (Wildman–Crippen LogP) is 8.51. The zero-order chi connectivity index (χ0) is 22.5. The van der Waals surface area contributed by atoms with Gasteiger partial charge in [0, 0.05) is 38.0 Å². The Morgan fingerprint density at radius 2 is 1.24 bits per heavy atom. The maximum atomic E-state index is 4.12. The van der Waals surface area contributed by atoms with Crippen LogP contribution in [0.3, 0.4) is 0 Å². The quantitative estimate of drug-likeness (QED) is 0.222. The third-order valence-corrected chi connectivity index (χ3v) is 6.49. The second-order valence-electron chi connectivity index (χ2n) is 8.54. The summed E-state index contributed by atoms with van der Waals surface area (Å²) in [6.45, 7) is 10.2. The van der Waals surface area contributed by atoms with Gasteiger partial charge in [-0.15, -0.1) is 0 Å². The molecular formula is C31H24N2. The summed E-state index contributed by atoms with van der Waals surface area (Å²) in [5.41, 5.74) is 6.71. The van der Waals surface area contributed by atoms with Crippen LogP contribution < -0.4 is 5.32 Å². The van der Waals surface area contributed by atoms with Crippen molar-refractivity contribution in [2.45, 2.75) is 6.92 Å². The predicted molar refractivity (Wildman–Crippen MR) is 143 cm³/mol. The Kier molecular flexibility index (Phi) is 4.34. The first-order valence-corrected chi connectivity index (χ1v) is 11.2. The smallest absolute Gasteiger partial charge is 0.0620 e. The highest BCUT2D eigenvalue weighted by Gasteiger charge is 2.19. The molecule has 0 radical (unpaired) electrons. The van der Waals surface area contributed by atoms with Crippen LogP contribution in [0.2, 0.25) is 0 Å². The number of benzene rings is 5. The highest BCUT2D eigenvalue weighted by molar-refractivity contribution is 6.20. The molecule has 0 atom stereocenters. The summed E-state index contributed by atoms with van der Waals surface area (Å²) >= 11 is 0. The number of rotatable bonds is 4. The molecule has 2 nitrogen and oxygen atoms in total. The lowest BCUT2D eigenvalue weighted by Crippen LogP contribution is -2.02. The van der Waals surface area contributed by atoms with Crippen molar-refractivity contribution in [3.63, 3.8) is 0 Å². The summed E-state index contributed by atoms with van der Waals surface area (Å²) in [6.07, 6.45) is 1.76. The van der Waals surface area contributed by atoms with E-state index in [1.165, 1.54) is 49.2 Å². The SMILES string of the molecule is C=CC(=C)Nc1c2ccccc2c(-n2c3ccccc3c3ccccc32)c2cc(C)ccc12. The summed E-state index contributed by atoms with van der Waals surface area (Å²) in [4.78, 5) is 0. The minimum Gasteiger partial charge on any atom is -0.355 e. The van der Waals surface area contributed by atoms with Gasteiger partial charge in [-0.05, 0) is 31.2 Å². The van der Waals surface area contributed by atoms with Gasteiger partial charge >= 0.3 is 0 Å². The molecule has 0 aliphatic rings. The molecular weight excluding hydrogens is 400 g/mol. The number of hydrogen-bond acceptors (Lipinski definition) is 1. The Balaban J connectivity index is 1.87. The number of aryl methyl sites for hydroxylation is 1. The topological polar surface area (TPSA) is 17.0 Å². The second-order valence-corrected chi connectivity index (χ2v) is 8.54. The largest absolute Gasteiger partial charge is 0.355 e. The lowest BCUT2D eigenvalue weighted by Gasteiger charge is -2.20. The fourth-order valence-corrected chi connectivity index (χ4v) is 5.02. The third-order valence-electron chi connectivity index (χ3n) is 6.49. The zero-order valence-corrected chi connectivity index (χ0v) is 18.6. The fraction of sp³-hybridized carbons (Fsp3) is 0.0323. The van der Waals surface area contributed by atoms with Crippen molar-refractivity contribution < 1.29 is 0 Å². The van der Waals surface area contributed by atoms with Crippen LogP contribution in [0.15, 0.2) is 116 Å². The molecule has 158 valence electrons. The molecule has 6 rings (SSSR count). The molecule has 0 bridgehead atoms. The Morgan fingerprint density at radius 3 is 1.88 bits per heavy atom. The van der Waals surface area contributed by atoms with Gasteiger partial charge in [-0.2, -0.15) is 0 Å². The molecule has 1 aromatic heterocycles. The molecule has 1 N–H and O–H groups in total. The van der Waals surface area contributed by atoms with E-state index in [1.54, 1.807) is 6.08 Å². The van der Waals surface area contributed by atoms with Gasteiger partial charge in [-0.25, -0.2) is 0 Å². The molecule has 0 aliphatic heterocycles. The van der Waals surface area contributed by atoms with Crippen LogP contribution in [0, 0.1) is 6.92 Å². The molecule has 0 spiro atoms. The van der Waals surface area contributed by atoms with Crippen LogP contribution >= 0.6 is 0 Å². The van der Waals surface area contributed by atoms with Crippen molar-refractivity contribution in [2.24, 2.45) is 0 Å². The Bertz CT molecular complexity index is 1680. The van der Waals surface area contributed by atoms with Gasteiger partial charge in [0.2, 0.25) is 0 Å². The van der Waals surface area contributed by atoms with Gasteiger partial charge < -0.3 is 9.88 Å². The Morgan fingerprint density at radius 1 is 0.697 bits per heavy atom. The van der Waals surface area contributed by atoms with E-state index < -0.39 is 0 Å². The van der Waals surface area contributed by atoms with Gasteiger partial charge in [-0.1, -0.05) is 91.5 Å². The van der Waals surface area contributed by atoms with E-state index in [0.29, 0.717) is 0 Å². The molecule has 0 fully saturated rings. The lowest BCUT2D eigenvalue weighted by atomic mass is 9.96. The van der Waals surface area contributed by atoms with Crippen molar-refractivity contribution >= 4 is 49.0 Å². The van der Waals surface area contributed by atoms with Crippen molar-refractivity contribution in [3.05, 3.63) is 121 Å². The highest BCUT2D eigenvalue weighted by atomic mass is 15.0. The van der Waals surface area contributed by atoms with E-state index in [1.807, 2.05) is 0 Å². The van der Waals surface area contributed by atoms with Crippen LogP contribution in [-0.2, 0) is 0 Å². The number of para-hydroxylation sites is 2. The molecule has 6 aromatic rings. The summed E-state index contributed by atoms with van der Waals surface area (Å²) in [5.74, 6) is 0. The molecule has 2 heteroatoms. The minimum absolute atomic E-state index is 0.784. The van der Waals surface area contributed by atoms with Crippen LogP contribution in [0.1, 0.15) is 5.56 Å². The fourth-order valence-electron chi connectivity index (χ4n) is 5.02. The molecule has 1 heterocycles. The average molecular weight is 425 g/mol. The number of fused-ring (bicyclic) bond motifs is 5. The molecule has 0 aliphatic carbocycles. The van der Waals surface area contributed by atoms with Crippen molar-refractivity contribution in [1.82, 2.24) is 4.57 Å². The van der Waals surface area contributed by atoms with Gasteiger partial charge in [0.15, 0.2) is 0 Å². The normalized spacial score (nSPS) is 11.4. The zero-order valence-electron chi connectivity index (χ0n) is 18.6. The van der Waals surface area contributed by atoms with E-state index in [9.17, 15) is 0 Å². The summed E-state index contributed by atoms with van der Waals surface area (Å²) in [7, 11) is 0. The Labute approximate surface area is 193 Å². The number of allylic oxidation sites excluding steroid dienone is 1. The molecule has 33 heavy (non-hydrogen) atoms. The van der Waals surface area contributed by atoms with Crippen molar-refractivity contribution in [2.75, 3.05) is 5.32 Å². The van der Waals surface area contributed by atoms with Crippen LogP contribution in [0.4, 0.5) is 5.69 Å². The van der Waals surface area contributed by atoms with Gasteiger partial charge in [0.1, 0.15) is 0 Å². The molecule has 0 saturated heterocycles. The van der Waals surface area contributed by atoms with Crippen molar-refractivity contribution in [3.8, 4) is 5.69 Å². The number of nitrogens with one attached hydrogen (secondary N) is 1. The average Bonchev–Trinajstić information content (AvgIpc) is 3.18. The minimum atomic E-state index is 0.784. The second kappa shape index (κ2) is 7.39. The standard InChI is InChI=1S/C31H24N2/c1-4-21(3)32-30-24-13-5-6-14-26(24)31(27-19-20(2)17-18-25(27)30)33-28-15-9-7-11-22(28)23-12-8-10-16-29(23)33/h4-19,32H,1,3H2,2H3. The lowest BCUT2D eigenvalue weighted by molar-refractivity contribution is 1.21. The highest BCUT2D eigenvalue weighted by Crippen LogP contribution is 2.43. The summed E-state index contributed by atoms with van der Waals surface area (Å²) < 4.78 is 2.43. The van der Waals surface area contributed by atoms with Gasteiger partial charge in [-0.3, -0.25) is 0 Å². The van der Waals surface area contributed by atoms with Crippen molar-refractivity contribution in [1.29, 1.82) is 0 Å². The van der Waals surface area contributed by atoms with Crippen LogP contribution in [0.25, 0.3) is 49.0 Å². The maximum Gasteiger partial charge on any atom is 0.0620 e. The maximum absolute atomic E-state index is 4.12. The van der Waals surface area contributed by atoms with E-state index in [4.69, 9.17) is 0 Å². The first-order valence-electron chi connectivity index (χ1n) is 11.2. The van der Waals surface area contributed by atoms with Crippen LogP contribution in [-0.4, -0.2) is 4.57 Å². The molecule has 0 saturated carbocycles. The number of hydrogen-bond donors (Lipinski definition) is 1.